The van der Waals surface area contributed by atoms with Crippen molar-refractivity contribution < 1.29 is 35.5 Å². The number of alkyl halides is 6. The summed E-state index contributed by atoms with van der Waals surface area (Å²) in [4.78, 5) is 34.4. The average molecular weight is 1100 g/mol. The molecule has 7 heterocycles. The van der Waals surface area contributed by atoms with Crippen LogP contribution in [-0.2, 0) is 33.3 Å². The number of pyridine rings is 4. The van der Waals surface area contributed by atoms with Gasteiger partial charge < -0.3 is 9.64 Å². The van der Waals surface area contributed by atoms with Gasteiger partial charge in [-0.2, -0.15) is 26.3 Å². The molecular weight excluding hydrogens is 1030 g/mol. The lowest BCUT2D eigenvalue weighted by molar-refractivity contribution is -0.142. The molecule has 0 unspecified atom stereocenters. The van der Waals surface area contributed by atoms with Gasteiger partial charge in [0, 0.05) is 77.6 Å². The Morgan fingerprint density at radius 2 is 1.01 bits per heavy atom. The van der Waals surface area contributed by atoms with Crippen LogP contribution in [0.2, 0.25) is 0 Å². The smallest absolute Gasteiger partial charge is 0.378 e. The first-order chi connectivity index (χ1) is 34.1. The second kappa shape index (κ2) is 29.0. The van der Waals surface area contributed by atoms with Gasteiger partial charge in [0.05, 0.1) is 42.0 Å². The highest BCUT2D eigenvalue weighted by atomic mass is 79.9. The Balaban J connectivity index is 0.000000306. The van der Waals surface area contributed by atoms with Gasteiger partial charge in [-0.15, -0.1) is 0 Å². The van der Waals surface area contributed by atoms with Gasteiger partial charge in [-0.3, -0.25) is 15.0 Å². The molecule has 0 aliphatic carbocycles. The number of hydrogen-bond donors (Lipinski definition) is 0. The summed E-state index contributed by atoms with van der Waals surface area (Å²) in [7, 11) is 0. The Kier molecular flexibility index (Phi) is 25.3. The van der Waals surface area contributed by atoms with E-state index >= 15 is 0 Å². The fourth-order valence-electron chi connectivity index (χ4n) is 5.94. The summed E-state index contributed by atoms with van der Waals surface area (Å²) in [6.07, 6.45) is 3.04. The highest BCUT2D eigenvalue weighted by molar-refractivity contribution is 9.10. The van der Waals surface area contributed by atoms with E-state index in [0.717, 1.165) is 71.5 Å². The van der Waals surface area contributed by atoms with Gasteiger partial charge in [0.15, 0.2) is 0 Å². The molecule has 1 saturated heterocycles. The number of aromatic nitrogens is 8. The average Bonchev–Trinajstić information content (AvgIpc) is 3.32. The minimum absolute atomic E-state index is 0.00764. The second-order valence-corrected chi connectivity index (χ2v) is 22.2. The molecule has 0 saturated carbocycles. The zero-order valence-electron chi connectivity index (χ0n) is 45.8. The van der Waals surface area contributed by atoms with Crippen LogP contribution in [0.4, 0.5) is 36.4 Å². The van der Waals surface area contributed by atoms with Gasteiger partial charge in [0.1, 0.15) is 28.9 Å². The third kappa shape index (κ3) is 24.2. The maximum atomic E-state index is 12.4. The van der Waals surface area contributed by atoms with Crippen LogP contribution >= 0.6 is 15.9 Å². The lowest BCUT2D eigenvalue weighted by Crippen LogP contribution is -2.36. The molecule has 0 spiro atoms. The van der Waals surface area contributed by atoms with E-state index in [1.165, 1.54) is 41.9 Å². The molecule has 6 aromatic rings. The van der Waals surface area contributed by atoms with E-state index in [0.29, 0.717) is 23.4 Å². The van der Waals surface area contributed by atoms with Crippen LogP contribution in [0, 0.1) is 12.7 Å². The SMILES string of the molecule is CC(C)(C)c1ccc(C(F)(F)F)nc1.CC(C)(C)c1ccc(F)cn1.CC(C)(C)c1cccc(C(F)(F)F)n1.CC(C)c1ncc(Br)cn1.CC(C)c1ncc(N2CCOCC2)cn1.Cc1ccnc(C(C)C)c1. The summed E-state index contributed by atoms with van der Waals surface area (Å²) in [6, 6.07) is 13.8. The van der Waals surface area contributed by atoms with Crippen LogP contribution in [0.1, 0.15) is 173 Å². The minimum atomic E-state index is -4.36. The molecule has 0 N–H and O–H groups in total. The van der Waals surface area contributed by atoms with Crippen molar-refractivity contribution in [2.24, 2.45) is 0 Å². The molecule has 0 aromatic carbocycles. The predicted octanol–water partition coefficient (Wildman–Crippen LogP) is 15.6. The maximum Gasteiger partial charge on any atom is 0.433 e. The number of anilines is 1. The van der Waals surface area contributed by atoms with Crippen LogP contribution in [0.3, 0.4) is 0 Å². The topological polar surface area (TPSA) is 116 Å². The normalized spacial score (nSPS) is 12.9. The van der Waals surface area contributed by atoms with Crippen molar-refractivity contribution in [3.8, 4) is 0 Å². The molecule has 18 heteroatoms. The van der Waals surface area contributed by atoms with E-state index in [1.807, 2.05) is 87.0 Å². The Morgan fingerprint density at radius 1 is 0.527 bits per heavy atom. The number of nitrogens with zero attached hydrogens (tertiary/aromatic N) is 9. The first-order valence-electron chi connectivity index (χ1n) is 24.3. The van der Waals surface area contributed by atoms with Gasteiger partial charge in [0.2, 0.25) is 0 Å². The predicted molar refractivity (Wildman–Crippen MR) is 285 cm³/mol. The molecule has 406 valence electrons. The molecule has 0 atom stereocenters. The van der Waals surface area contributed by atoms with E-state index in [2.05, 4.69) is 115 Å². The summed E-state index contributed by atoms with van der Waals surface area (Å²) in [6.45, 7) is 35.6. The second-order valence-electron chi connectivity index (χ2n) is 21.3. The monoisotopic (exact) mass is 1100 g/mol. The molecule has 10 nitrogen and oxygen atoms in total. The molecule has 6 aromatic heterocycles. The zero-order chi connectivity index (χ0) is 56.2. The van der Waals surface area contributed by atoms with Crippen LogP contribution in [-0.4, -0.2) is 66.2 Å². The van der Waals surface area contributed by atoms with Crippen LogP contribution in [0.5, 0.6) is 0 Å². The number of aryl methyl sites for hydroxylation is 1. The number of rotatable bonds is 4. The fourth-order valence-corrected chi connectivity index (χ4v) is 6.15. The van der Waals surface area contributed by atoms with Crippen molar-refractivity contribution >= 4 is 21.6 Å². The molecule has 74 heavy (non-hydrogen) atoms. The number of morpholine rings is 1. The molecule has 7 rings (SSSR count). The van der Waals surface area contributed by atoms with Crippen molar-refractivity contribution in [3.05, 3.63) is 160 Å². The van der Waals surface area contributed by atoms with Gasteiger partial charge in [-0.25, -0.2) is 29.3 Å². The lowest BCUT2D eigenvalue weighted by Gasteiger charge is -2.28. The van der Waals surface area contributed by atoms with Gasteiger partial charge in [-0.1, -0.05) is 116 Å². The van der Waals surface area contributed by atoms with Crippen molar-refractivity contribution in [3.63, 3.8) is 0 Å². The van der Waals surface area contributed by atoms with E-state index in [4.69, 9.17) is 4.74 Å². The molecule has 0 amide bonds. The standard InChI is InChI=1S/C11H17N3O.2C10H12F3N.C9H12FN.C9H13N.C7H9BrN2/c1-9(2)11-12-7-10(8-13-11)14-3-5-15-6-4-14;1-9(2,3)7-4-5-8(14-6-7)10(11,12)13;1-9(2,3)7-5-4-6-8(14-7)10(11,12)13;1-9(2,3)8-5-4-7(10)6-11-8;1-7(2)9-6-8(3)4-5-10-9;1-5(2)7-9-3-6(8)4-10-7/h7-9H,3-6H2,1-2H3;2*4-6H,1-3H3;4-6H,1-3H3;4-7H,1-3H3;3-5H,1-2H3. The van der Waals surface area contributed by atoms with Crippen LogP contribution in [0.15, 0.2) is 102 Å². The van der Waals surface area contributed by atoms with Crippen LogP contribution in [0.25, 0.3) is 0 Å². The first kappa shape index (κ1) is 64.6. The Bertz CT molecular complexity index is 2450. The van der Waals surface area contributed by atoms with Gasteiger partial charge >= 0.3 is 12.4 Å². The Morgan fingerprint density at radius 3 is 1.41 bits per heavy atom. The minimum Gasteiger partial charge on any atom is -0.378 e. The molecule has 0 radical (unpaired) electrons. The number of halogens is 8. The van der Waals surface area contributed by atoms with E-state index in [9.17, 15) is 30.7 Å². The molecular formula is C56H75BrF7N9O. The number of ether oxygens (including phenoxy) is 1. The summed E-state index contributed by atoms with van der Waals surface area (Å²) in [5.74, 6) is 2.87. The first-order valence-corrected chi connectivity index (χ1v) is 25.1. The Labute approximate surface area is 443 Å². The van der Waals surface area contributed by atoms with Crippen molar-refractivity contribution in [1.82, 2.24) is 39.9 Å². The summed E-state index contributed by atoms with van der Waals surface area (Å²) in [5.41, 5.74) is 3.54. The molecule has 1 aliphatic rings. The van der Waals surface area contributed by atoms with E-state index in [1.54, 1.807) is 24.5 Å². The van der Waals surface area contributed by atoms with Gasteiger partial charge in [0.25, 0.3) is 0 Å². The summed E-state index contributed by atoms with van der Waals surface area (Å²) >= 11 is 3.27. The third-order valence-corrected chi connectivity index (χ3v) is 10.9. The Hall–Kier alpha value is -5.49. The molecule has 0 bridgehead atoms. The van der Waals surface area contributed by atoms with Crippen molar-refractivity contribution in [2.45, 2.75) is 157 Å². The highest BCUT2D eigenvalue weighted by Crippen LogP contribution is 2.31. The molecule has 1 aliphatic heterocycles. The largest absolute Gasteiger partial charge is 0.433 e. The van der Waals surface area contributed by atoms with Gasteiger partial charge in [-0.05, 0) is 87.8 Å². The zero-order valence-corrected chi connectivity index (χ0v) is 47.3. The number of hydrogen-bond acceptors (Lipinski definition) is 10. The highest BCUT2D eigenvalue weighted by Gasteiger charge is 2.34. The quantitative estimate of drug-likeness (QED) is 0.158. The maximum absolute atomic E-state index is 12.4. The summed E-state index contributed by atoms with van der Waals surface area (Å²) in [5, 5.41) is 0. The van der Waals surface area contributed by atoms with Crippen molar-refractivity contribution in [1.29, 1.82) is 0 Å². The molecule has 1 fully saturated rings. The third-order valence-electron chi connectivity index (χ3n) is 10.5. The van der Waals surface area contributed by atoms with Crippen LogP contribution < -0.4 is 4.90 Å². The van der Waals surface area contributed by atoms with Crippen molar-refractivity contribution in [2.75, 3.05) is 31.2 Å². The fraction of sp³-hybridized carbons (Fsp3) is 0.500. The van der Waals surface area contributed by atoms with E-state index < -0.39 is 23.7 Å². The lowest BCUT2D eigenvalue weighted by atomic mass is 9.88. The summed E-state index contributed by atoms with van der Waals surface area (Å²) < 4.78 is 92.0. The van der Waals surface area contributed by atoms with E-state index in [-0.39, 0.29) is 22.1 Å².